The van der Waals surface area contributed by atoms with E-state index >= 15 is 0 Å². The summed E-state index contributed by atoms with van der Waals surface area (Å²) in [6.07, 6.45) is 1.55. The highest BCUT2D eigenvalue weighted by Gasteiger charge is 2.24. The van der Waals surface area contributed by atoms with Crippen molar-refractivity contribution in [1.82, 2.24) is 15.0 Å². The van der Waals surface area contributed by atoms with Crippen molar-refractivity contribution in [1.29, 1.82) is 0 Å². The van der Waals surface area contributed by atoms with E-state index < -0.39 is 11.8 Å². The number of carbonyl (C=O) groups excluding carboxylic acids is 1. The number of rotatable bonds is 4. The maximum atomic E-state index is 13.9. The minimum absolute atomic E-state index is 0.0503. The Hall–Kier alpha value is -2.48. The number of aromatic nitrogens is 3. The second-order valence-corrected chi connectivity index (χ2v) is 6.71. The molecule has 10 heteroatoms. The lowest BCUT2D eigenvalue weighted by Gasteiger charge is -2.21. The van der Waals surface area contributed by atoms with Crippen molar-refractivity contribution in [3.8, 4) is 11.4 Å². The summed E-state index contributed by atoms with van der Waals surface area (Å²) < 4.78 is 18.6. The standard InChI is InChI=1S/C18H12Cl3FN4O2/c1-26(16-11(20)4-3-7-23-16)17-13(21)14(18(27)28-2)24-15(25-17)9-5-6-10(19)12(22)8-9/h3-8H,1-2H3. The molecule has 3 rings (SSSR count). The fraction of sp³-hybridized carbons (Fsp3) is 0.111. The van der Waals surface area contributed by atoms with Crippen molar-refractivity contribution in [3.63, 3.8) is 0 Å². The van der Waals surface area contributed by atoms with E-state index in [4.69, 9.17) is 39.5 Å². The van der Waals surface area contributed by atoms with Crippen LogP contribution in [0.25, 0.3) is 11.4 Å². The molecule has 0 fully saturated rings. The number of carbonyl (C=O) groups is 1. The average Bonchev–Trinajstić information content (AvgIpc) is 2.69. The summed E-state index contributed by atoms with van der Waals surface area (Å²) in [5.74, 6) is -0.879. The predicted octanol–water partition coefficient (Wildman–Crippen LogP) is 5.19. The number of methoxy groups -OCH3 is 1. The Labute approximate surface area is 174 Å². The molecule has 6 nitrogen and oxygen atoms in total. The van der Waals surface area contributed by atoms with Crippen molar-refractivity contribution < 1.29 is 13.9 Å². The molecule has 0 aliphatic heterocycles. The van der Waals surface area contributed by atoms with Gasteiger partial charge in [0.05, 0.1) is 17.2 Å². The summed E-state index contributed by atoms with van der Waals surface area (Å²) in [6.45, 7) is 0. The molecule has 0 amide bonds. The van der Waals surface area contributed by atoms with Crippen LogP contribution in [0.2, 0.25) is 15.1 Å². The van der Waals surface area contributed by atoms with Crippen LogP contribution in [0.15, 0.2) is 36.5 Å². The Morgan fingerprint density at radius 2 is 1.86 bits per heavy atom. The Kier molecular flexibility index (Phi) is 5.98. The first-order valence-electron chi connectivity index (χ1n) is 7.79. The number of pyridine rings is 1. The summed E-state index contributed by atoms with van der Waals surface area (Å²) in [4.78, 5) is 26.4. The van der Waals surface area contributed by atoms with Crippen LogP contribution in [0.1, 0.15) is 10.5 Å². The lowest BCUT2D eigenvalue weighted by molar-refractivity contribution is 0.0594. The summed E-state index contributed by atoms with van der Waals surface area (Å²) >= 11 is 18.3. The minimum Gasteiger partial charge on any atom is -0.464 e. The highest BCUT2D eigenvalue weighted by molar-refractivity contribution is 6.36. The molecule has 0 aliphatic carbocycles. The highest BCUT2D eigenvalue weighted by atomic mass is 35.5. The van der Waals surface area contributed by atoms with E-state index in [1.165, 1.54) is 24.1 Å². The third kappa shape index (κ3) is 3.87. The predicted molar refractivity (Wildman–Crippen MR) is 106 cm³/mol. The fourth-order valence-electron chi connectivity index (χ4n) is 2.38. The monoisotopic (exact) mass is 440 g/mol. The number of anilines is 2. The van der Waals surface area contributed by atoms with Gasteiger partial charge in [-0.05, 0) is 30.3 Å². The van der Waals surface area contributed by atoms with Crippen LogP contribution in [-0.2, 0) is 4.74 Å². The molecule has 1 aromatic carbocycles. The van der Waals surface area contributed by atoms with Gasteiger partial charge in [-0.15, -0.1) is 0 Å². The van der Waals surface area contributed by atoms with Gasteiger partial charge in [0.2, 0.25) is 0 Å². The molecular formula is C18H12Cl3FN4O2. The number of halogens is 4. The first-order chi connectivity index (χ1) is 13.3. The van der Waals surface area contributed by atoms with Gasteiger partial charge in [-0.25, -0.2) is 24.1 Å². The molecule has 2 heterocycles. The van der Waals surface area contributed by atoms with Crippen LogP contribution in [0.3, 0.4) is 0 Å². The van der Waals surface area contributed by atoms with Crippen molar-refractivity contribution >= 4 is 52.4 Å². The number of ether oxygens (including phenoxy) is 1. The van der Waals surface area contributed by atoms with Gasteiger partial charge in [-0.3, -0.25) is 0 Å². The lowest BCUT2D eigenvalue weighted by Crippen LogP contribution is -2.17. The quantitative estimate of drug-likeness (QED) is 0.519. The second-order valence-electron chi connectivity index (χ2n) is 5.52. The number of hydrogen-bond donors (Lipinski definition) is 0. The van der Waals surface area contributed by atoms with E-state index in [1.807, 2.05) is 0 Å². The molecule has 0 unspecified atom stereocenters. The summed E-state index contributed by atoms with van der Waals surface area (Å²) in [6, 6.07) is 7.35. The van der Waals surface area contributed by atoms with Crippen LogP contribution in [0.5, 0.6) is 0 Å². The molecule has 144 valence electrons. The van der Waals surface area contributed by atoms with Crippen molar-refractivity contribution in [2.24, 2.45) is 0 Å². The minimum atomic E-state index is -0.773. The number of hydrogen-bond acceptors (Lipinski definition) is 6. The number of nitrogens with zero attached hydrogens (tertiary/aromatic N) is 4. The number of benzene rings is 1. The molecule has 0 saturated heterocycles. The third-order valence-corrected chi connectivity index (χ3v) is 4.71. The van der Waals surface area contributed by atoms with Gasteiger partial charge in [0.15, 0.2) is 23.2 Å². The first kappa shape index (κ1) is 20.3. The lowest BCUT2D eigenvalue weighted by atomic mass is 10.2. The molecule has 0 N–H and O–H groups in total. The maximum Gasteiger partial charge on any atom is 0.358 e. The van der Waals surface area contributed by atoms with Gasteiger partial charge in [-0.1, -0.05) is 34.8 Å². The Morgan fingerprint density at radius 1 is 1.11 bits per heavy atom. The van der Waals surface area contributed by atoms with Crippen LogP contribution in [-0.4, -0.2) is 35.1 Å². The number of esters is 1. The second kappa shape index (κ2) is 8.26. The largest absolute Gasteiger partial charge is 0.464 e. The SMILES string of the molecule is COC(=O)c1nc(-c2ccc(Cl)c(F)c2)nc(N(C)c2ncccc2Cl)c1Cl. The molecule has 3 aromatic rings. The van der Waals surface area contributed by atoms with Crippen LogP contribution >= 0.6 is 34.8 Å². The Balaban J connectivity index is 2.22. The van der Waals surface area contributed by atoms with E-state index in [0.29, 0.717) is 16.4 Å². The Bertz CT molecular complexity index is 1060. The molecule has 0 atom stereocenters. The fourth-order valence-corrected chi connectivity index (χ4v) is 3.03. The topological polar surface area (TPSA) is 68.2 Å². The molecule has 0 spiro atoms. The van der Waals surface area contributed by atoms with E-state index in [1.54, 1.807) is 25.4 Å². The van der Waals surface area contributed by atoms with Crippen molar-refractivity contribution in [2.45, 2.75) is 0 Å². The van der Waals surface area contributed by atoms with Crippen molar-refractivity contribution in [3.05, 3.63) is 63.1 Å². The van der Waals surface area contributed by atoms with Gasteiger partial charge in [-0.2, -0.15) is 0 Å². The molecule has 2 aromatic heterocycles. The zero-order chi connectivity index (χ0) is 20.4. The summed E-state index contributed by atoms with van der Waals surface area (Å²) in [5, 5.41) is 0.233. The third-order valence-electron chi connectivity index (χ3n) is 3.76. The van der Waals surface area contributed by atoms with E-state index in [-0.39, 0.29) is 27.4 Å². The molecule has 28 heavy (non-hydrogen) atoms. The zero-order valence-corrected chi connectivity index (χ0v) is 16.8. The average molecular weight is 442 g/mol. The molecule has 0 saturated carbocycles. The van der Waals surface area contributed by atoms with Crippen LogP contribution < -0.4 is 4.90 Å². The van der Waals surface area contributed by atoms with E-state index in [0.717, 1.165) is 6.07 Å². The smallest absolute Gasteiger partial charge is 0.358 e. The summed E-state index contributed by atoms with van der Waals surface area (Å²) in [7, 11) is 2.82. The van der Waals surface area contributed by atoms with Crippen LogP contribution in [0, 0.1) is 5.82 Å². The normalized spacial score (nSPS) is 10.6. The molecular weight excluding hydrogens is 430 g/mol. The van der Waals surface area contributed by atoms with Crippen molar-refractivity contribution in [2.75, 3.05) is 19.1 Å². The molecule has 0 aliphatic rings. The van der Waals surface area contributed by atoms with Crippen LogP contribution in [0.4, 0.5) is 16.0 Å². The maximum absolute atomic E-state index is 13.9. The zero-order valence-electron chi connectivity index (χ0n) is 14.6. The van der Waals surface area contributed by atoms with Gasteiger partial charge >= 0.3 is 5.97 Å². The molecule has 0 bridgehead atoms. The molecule has 0 radical (unpaired) electrons. The highest BCUT2D eigenvalue weighted by Crippen LogP contribution is 2.35. The first-order valence-corrected chi connectivity index (χ1v) is 8.92. The van der Waals surface area contributed by atoms with Gasteiger partial charge in [0, 0.05) is 18.8 Å². The van der Waals surface area contributed by atoms with E-state index in [2.05, 4.69) is 15.0 Å². The van der Waals surface area contributed by atoms with Gasteiger partial charge < -0.3 is 9.64 Å². The van der Waals surface area contributed by atoms with Gasteiger partial charge in [0.1, 0.15) is 10.8 Å². The Morgan fingerprint density at radius 3 is 2.50 bits per heavy atom. The summed E-state index contributed by atoms with van der Waals surface area (Å²) in [5.41, 5.74) is 0.115. The van der Waals surface area contributed by atoms with Gasteiger partial charge in [0.25, 0.3) is 0 Å². The van der Waals surface area contributed by atoms with E-state index in [9.17, 15) is 9.18 Å².